The Balaban J connectivity index is 1.36. The van der Waals surface area contributed by atoms with Crippen LogP contribution in [0.15, 0.2) is 48.7 Å². The van der Waals surface area contributed by atoms with Gasteiger partial charge in [0.2, 0.25) is 0 Å². The SMILES string of the molecule is CCOC(=O)n1ncc2c(NC(=O)NC3CC4(CCC4)Oc4ccccc43)cccc21. The summed E-state index contributed by atoms with van der Waals surface area (Å²) in [6.45, 7) is 2.00. The Hall–Kier alpha value is -3.55. The van der Waals surface area contributed by atoms with E-state index in [9.17, 15) is 9.59 Å². The van der Waals surface area contributed by atoms with E-state index in [2.05, 4.69) is 15.7 Å². The van der Waals surface area contributed by atoms with E-state index >= 15 is 0 Å². The number of carbonyl (C=O) groups excluding carboxylic acids is 2. The molecule has 1 atom stereocenters. The van der Waals surface area contributed by atoms with E-state index in [4.69, 9.17) is 9.47 Å². The third-order valence-corrected chi connectivity index (χ3v) is 6.07. The van der Waals surface area contributed by atoms with E-state index in [1.807, 2.05) is 24.3 Å². The van der Waals surface area contributed by atoms with Gasteiger partial charge in [0.25, 0.3) is 0 Å². The summed E-state index contributed by atoms with van der Waals surface area (Å²) in [4.78, 5) is 25.0. The normalized spacial score (nSPS) is 18.5. The third-order valence-electron chi connectivity index (χ3n) is 6.07. The second-order valence-corrected chi connectivity index (χ2v) is 8.03. The molecule has 5 rings (SSSR count). The van der Waals surface area contributed by atoms with Gasteiger partial charge in [0.05, 0.1) is 30.0 Å². The Labute approximate surface area is 179 Å². The second kappa shape index (κ2) is 7.61. The number of amides is 2. The van der Waals surface area contributed by atoms with Crippen molar-refractivity contribution in [2.75, 3.05) is 11.9 Å². The van der Waals surface area contributed by atoms with E-state index < -0.39 is 6.09 Å². The molecule has 0 radical (unpaired) electrons. The molecule has 2 heterocycles. The number of para-hydroxylation sites is 1. The van der Waals surface area contributed by atoms with Gasteiger partial charge < -0.3 is 20.1 Å². The lowest BCUT2D eigenvalue weighted by Gasteiger charge is -2.48. The molecule has 8 nitrogen and oxygen atoms in total. The zero-order chi connectivity index (χ0) is 21.4. The molecular formula is C23H24N4O4. The monoisotopic (exact) mass is 420 g/mol. The zero-order valence-corrected chi connectivity index (χ0v) is 17.3. The number of hydrogen-bond donors (Lipinski definition) is 2. The maximum Gasteiger partial charge on any atom is 0.435 e. The zero-order valence-electron chi connectivity index (χ0n) is 17.3. The van der Waals surface area contributed by atoms with Gasteiger partial charge >= 0.3 is 12.1 Å². The van der Waals surface area contributed by atoms with Crippen molar-refractivity contribution < 1.29 is 19.1 Å². The molecule has 1 aliphatic heterocycles. The van der Waals surface area contributed by atoms with Crippen molar-refractivity contribution in [1.29, 1.82) is 0 Å². The molecule has 0 bridgehead atoms. The molecule has 2 N–H and O–H groups in total. The lowest BCUT2D eigenvalue weighted by molar-refractivity contribution is -0.0354. The van der Waals surface area contributed by atoms with Gasteiger partial charge in [0.1, 0.15) is 11.4 Å². The van der Waals surface area contributed by atoms with Crippen molar-refractivity contribution >= 4 is 28.7 Å². The summed E-state index contributed by atoms with van der Waals surface area (Å²) < 4.78 is 12.5. The van der Waals surface area contributed by atoms with Crippen LogP contribution in [0.5, 0.6) is 5.75 Å². The Kier molecular flexibility index (Phi) is 4.77. The summed E-state index contributed by atoms with van der Waals surface area (Å²) in [5.41, 5.74) is 1.96. The predicted octanol–water partition coefficient (Wildman–Crippen LogP) is 4.61. The van der Waals surface area contributed by atoms with Crippen LogP contribution in [0.2, 0.25) is 0 Å². The molecule has 1 saturated carbocycles. The fourth-order valence-electron chi connectivity index (χ4n) is 4.43. The van der Waals surface area contributed by atoms with Crippen LogP contribution >= 0.6 is 0 Å². The first kappa shape index (κ1) is 19.4. The van der Waals surface area contributed by atoms with E-state index in [1.54, 1.807) is 31.3 Å². The van der Waals surface area contributed by atoms with Crippen LogP contribution in [0.1, 0.15) is 44.2 Å². The van der Waals surface area contributed by atoms with E-state index in [0.29, 0.717) is 16.6 Å². The van der Waals surface area contributed by atoms with Crippen molar-refractivity contribution in [1.82, 2.24) is 15.1 Å². The first-order valence-corrected chi connectivity index (χ1v) is 10.6. The van der Waals surface area contributed by atoms with Gasteiger partial charge in [-0.05, 0) is 44.4 Å². The fraction of sp³-hybridized carbons (Fsp3) is 0.348. The number of hydrogen-bond acceptors (Lipinski definition) is 5. The Morgan fingerprint density at radius 2 is 2.06 bits per heavy atom. The van der Waals surface area contributed by atoms with Gasteiger partial charge in [0, 0.05) is 17.4 Å². The van der Waals surface area contributed by atoms with Gasteiger partial charge in [0.15, 0.2) is 0 Å². The Bertz CT molecular complexity index is 1150. The molecule has 1 spiro atoms. The standard InChI is InChI=1S/C23H24N4O4/c1-2-30-22(29)27-19-9-5-8-17(16(19)14-24-27)25-21(28)26-18-13-23(11-6-12-23)31-20-10-4-3-7-15(18)20/h3-5,7-10,14,18H,2,6,11-13H2,1H3,(H2,25,26,28). The largest absolute Gasteiger partial charge is 0.487 e. The Morgan fingerprint density at radius 1 is 1.23 bits per heavy atom. The predicted molar refractivity (Wildman–Crippen MR) is 115 cm³/mol. The van der Waals surface area contributed by atoms with Crippen molar-refractivity contribution in [2.45, 2.75) is 44.2 Å². The van der Waals surface area contributed by atoms with E-state index in [1.165, 1.54) is 4.68 Å². The van der Waals surface area contributed by atoms with Crippen LogP contribution in [-0.2, 0) is 4.74 Å². The molecule has 8 heteroatoms. The number of aromatic nitrogens is 2. The molecule has 1 aliphatic carbocycles. The lowest BCUT2D eigenvalue weighted by Crippen LogP contribution is -2.50. The smallest absolute Gasteiger partial charge is 0.435 e. The number of ether oxygens (including phenoxy) is 2. The van der Waals surface area contributed by atoms with Crippen molar-refractivity contribution in [2.24, 2.45) is 0 Å². The molecule has 3 aromatic rings. The average molecular weight is 420 g/mol. The fourth-order valence-corrected chi connectivity index (χ4v) is 4.43. The highest BCUT2D eigenvalue weighted by Gasteiger charge is 2.45. The van der Waals surface area contributed by atoms with Crippen LogP contribution in [0, 0.1) is 0 Å². The van der Waals surface area contributed by atoms with Crippen LogP contribution in [0.4, 0.5) is 15.3 Å². The molecule has 2 amide bonds. The van der Waals surface area contributed by atoms with E-state index in [-0.39, 0.29) is 24.3 Å². The number of nitrogens with one attached hydrogen (secondary N) is 2. The summed E-state index contributed by atoms with van der Waals surface area (Å²) in [6.07, 6.45) is 4.91. The highest BCUT2D eigenvalue weighted by atomic mass is 16.6. The molecule has 31 heavy (non-hydrogen) atoms. The number of carbonyl (C=O) groups is 2. The topological polar surface area (TPSA) is 94.5 Å². The maximum atomic E-state index is 12.9. The minimum atomic E-state index is -0.552. The third kappa shape index (κ3) is 3.48. The average Bonchev–Trinajstić information content (AvgIpc) is 3.18. The Morgan fingerprint density at radius 3 is 2.84 bits per heavy atom. The number of benzene rings is 2. The van der Waals surface area contributed by atoms with Gasteiger partial charge in [-0.15, -0.1) is 0 Å². The quantitative estimate of drug-likeness (QED) is 0.645. The summed E-state index contributed by atoms with van der Waals surface area (Å²) >= 11 is 0. The van der Waals surface area contributed by atoms with Crippen LogP contribution < -0.4 is 15.4 Å². The number of fused-ring (bicyclic) bond motifs is 2. The van der Waals surface area contributed by atoms with Crippen LogP contribution in [-0.4, -0.2) is 34.1 Å². The number of anilines is 1. The first-order valence-electron chi connectivity index (χ1n) is 10.6. The summed E-state index contributed by atoms with van der Waals surface area (Å²) in [7, 11) is 0. The number of urea groups is 1. The molecule has 2 aromatic carbocycles. The number of rotatable bonds is 3. The van der Waals surface area contributed by atoms with Gasteiger partial charge in [-0.25, -0.2) is 9.59 Å². The highest BCUT2D eigenvalue weighted by Crippen LogP contribution is 2.48. The van der Waals surface area contributed by atoms with Crippen LogP contribution in [0.3, 0.4) is 0 Å². The summed E-state index contributed by atoms with van der Waals surface area (Å²) in [5, 5.41) is 10.8. The van der Waals surface area contributed by atoms with Crippen molar-refractivity contribution in [3.63, 3.8) is 0 Å². The summed E-state index contributed by atoms with van der Waals surface area (Å²) in [5.74, 6) is 0.844. The second-order valence-electron chi connectivity index (χ2n) is 8.03. The number of nitrogens with zero attached hydrogens (tertiary/aromatic N) is 2. The molecule has 1 aromatic heterocycles. The van der Waals surface area contributed by atoms with Crippen LogP contribution in [0.25, 0.3) is 10.9 Å². The summed E-state index contributed by atoms with van der Waals surface area (Å²) in [6, 6.07) is 12.7. The maximum absolute atomic E-state index is 12.9. The van der Waals surface area contributed by atoms with Gasteiger partial charge in [-0.2, -0.15) is 9.78 Å². The molecule has 1 unspecified atom stereocenters. The van der Waals surface area contributed by atoms with Gasteiger partial charge in [-0.1, -0.05) is 24.3 Å². The minimum Gasteiger partial charge on any atom is -0.487 e. The molecule has 0 saturated heterocycles. The molecule has 1 fully saturated rings. The van der Waals surface area contributed by atoms with E-state index in [0.717, 1.165) is 37.0 Å². The highest BCUT2D eigenvalue weighted by molar-refractivity contribution is 6.02. The van der Waals surface area contributed by atoms with Crippen molar-refractivity contribution in [3.05, 3.63) is 54.2 Å². The first-order chi connectivity index (χ1) is 15.1. The molecular weight excluding hydrogens is 396 g/mol. The molecule has 160 valence electrons. The molecule has 2 aliphatic rings. The van der Waals surface area contributed by atoms with Crippen molar-refractivity contribution in [3.8, 4) is 5.75 Å². The minimum absolute atomic E-state index is 0.133. The lowest BCUT2D eigenvalue weighted by atomic mass is 9.73. The van der Waals surface area contributed by atoms with Gasteiger partial charge in [-0.3, -0.25) is 0 Å².